The first-order valence-electron chi connectivity index (χ1n) is 6.50. The molecule has 1 atom stereocenters. The van der Waals surface area contributed by atoms with E-state index >= 15 is 0 Å². The zero-order valence-corrected chi connectivity index (χ0v) is 12.9. The smallest absolute Gasteiger partial charge is 0.244 e. The molecule has 1 aromatic rings. The quantitative estimate of drug-likeness (QED) is 0.925. The highest BCUT2D eigenvalue weighted by Crippen LogP contribution is 2.28. The summed E-state index contributed by atoms with van der Waals surface area (Å²) in [5, 5.41) is 3.24. The van der Waals surface area contributed by atoms with E-state index in [0.717, 1.165) is 41.8 Å². The molecule has 1 saturated heterocycles. The number of anilines is 1. The summed E-state index contributed by atoms with van der Waals surface area (Å²) in [4.78, 5) is 14.2. The van der Waals surface area contributed by atoms with E-state index in [1.54, 1.807) is 7.11 Å². The van der Waals surface area contributed by atoms with E-state index in [4.69, 9.17) is 4.74 Å². The first kappa shape index (κ1) is 14.2. The Hall–Kier alpha value is -1.23. The molecule has 104 valence electrons. The van der Waals surface area contributed by atoms with Crippen LogP contribution in [0.15, 0.2) is 22.7 Å². The van der Waals surface area contributed by atoms with Gasteiger partial charge in [0.15, 0.2) is 0 Å². The lowest BCUT2D eigenvalue weighted by Gasteiger charge is -2.22. The monoisotopic (exact) mass is 326 g/mol. The SMILES string of the molecule is COc1ccc(Br)c(NC(C)C(=O)N2CCCC2)c1. The van der Waals surface area contributed by atoms with E-state index < -0.39 is 0 Å². The Morgan fingerprint density at radius 1 is 1.42 bits per heavy atom. The molecule has 1 fully saturated rings. The van der Waals surface area contributed by atoms with E-state index in [1.807, 2.05) is 30.0 Å². The Bertz CT molecular complexity index is 459. The van der Waals surface area contributed by atoms with Crippen molar-refractivity contribution in [3.8, 4) is 5.75 Å². The number of rotatable bonds is 4. The summed E-state index contributed by atoms with van der Waals surface area (Å²) in [6, 6.07) is 5.44. The van der Waals surface area contributed by atoms with Gasteiger partial charge in [-0.1, -0.05) is 0 Å². The Morgan fingerprint density at radius 2 is 2.11 bits per heavy atom. The van der Waals surface area contributed by atoms with Crippen LogP contribution in [-0.2, 0) is 4.79 Å². The largest absolute Gasteiger partial charge is 0.497 e. The van der Waals surface area contributed by atoms with Gasteiger partial charge in [0.05, 0.1) is 12.8 Å². The summed E-state index contributed by atoms with van der Waals surface area (Å²) in [5.41, 5.74) is 0.874. The maximum Gasteiger partial charge on any atom is 0.244 e. The highest BCUT2D eigenvalue weighted by Gasteiger charge is 2.23. The number of carbonyl (C=O) groups excluding carboxylic acids is 1. The van der Waals surface area contributed by atoms with Gasteiger partial charge in [-0.2, -0.15) is 0 Å². The van der Waals surface area contributed by atoms with Crippen LogP contribution in [0.25, 0.3) is 0 Å². The summed E-state index contributed by atoms with van der Waals surface area (Å²) in [6.07, 6.45) is 2.22. The summed E-state index contributed by atoms with van der Waals surface area (Å²) in [6.45, 7) is 3.65. The van der Waals surface area contributed by atoms with E-state index in [9.17, 15) is 4.79 Å². The first-order valence-corrected chi connectivity index (χ1v) is 7.30. The zero-order valence-electron chi connectivity index (χ0n) is 11.3. The molecule has 0 spiro atoms. The lowest BCUT2D eigenvalue weighted by molar-refractivity contribution is -0.130. The fraction of sp³-hybridized carbons (Fsp3) is 0.500. The van der Waals surface area contributed by atoms with Crippen molar-refractivity contribution in [1.82, 2.24) is 4.90 Å². The number of ether oxygens (including phenoxy) is 1. The van der Waals surface area contributed by atoms with Crippen molar-refractivity contribution in [3.05, 3.63) is 22.7 Å². The van der Waals surface area contributed by atoms with Crippen molar-refractivity contribution in [2.45, 2.75) is 25.8 Å². The molecule has 1 aliphatic heterocycles. The van der Waals surface area contributed by atoms with Crippen LogP contribution in [0.5, 0.6) is 5.75 Å². The Kier molecular flexibility index (Phi) is 4.69. The maximum atomic E-state index is 12.2. The van der Waals surface area contributed by atoms with Crippen molar-refractivity contribution >= 4 is 27.5 Å². The summed E-state index contributed by atoms with van der Waals surface area (Å²) >= 11 is 3.48. The highest BCUT2D eigenvalue weighted by molar-refractivity contribution is 9.10. The molecule has 0 bridgehead atoms. The van der Waals surface area contributed by atoms with Crippen LogP contribution >= 0.6 is 15.9 Å². The first-order chi connectivity index (χ1) is 9.11. The van der Waals surface area contributed by atoms with Crippen molar-refractivity contribution in [1.29, 1.82) is 0 Å². The molecule has 1 amide bonds. The van der Waals surface area contributed by atoms with Gasteiger partial charge in [0, 0.05) is 23.6 Å². The van der Waals surface area contributed by atoms with E-state index in [-0.39, 0.29) is 11.9 Å². The third kappa shape index (κ3) is 3.41. The van der Waals surface area contributed by atoms with Crippen molar-refractivity contribution in [3.63, 3.8) is 0 Å². The number of nitrogens with one attached hydrogen (secondary N) is 1. The average Bonchev–Trinajstić information content (AvgIpc) is 2.94. The van der Waals surface area contributed by atoms with Gasteiger partial charge in [0.2, 0.25) is 5.91 Å². The molecule has 1 unspecified atom stereocenters. The van der Waals surface area contributed by atoms with Gasteiger partial charge >= 0.3 is 0 Å². The Morgan fingerprint density at radius 3 is 2.74 bits per heavy atom. The molecule has 0 aliphatic carbocycles. The molecule has 1 heterocycles. The molecule has 1 aromatic carbocycles. The molecular weight excluding hydrogens is 308 g/mol. The number of hydrogen-bond acceptors (Lipinski definition) is 3. The van der Waals surface area contributed by atoms with Crippen LogP contribution in [0.1, 0.15) is 19.8 Å². The molecule has 0 saturated carbocycles. The standard InChI is InChI=1S/C14H19BrN2O2/c1-10(14(18)17-7-3-4-8-17)16-13-9-11(19-2)5-6-12(13)15/h5-6,9-10,16H,3-4,7-8H2,1-2H3. The molecule has 4 nitrogen and oxygen atoms in total. The Balaban J connectivity index is 2.05. The summed E-state index contributed by atoms with van der Waals surface area (Å²) in [7, 11) is 1.63. The van der Waals surface area contributed by atoms with Crippen molar-refractivity contribution in [2.24, 2.45) is 0 Å². The number of amides is 1. The highest BCUT2D eigenvalue weighted by atomic mass is 79.9. The minimum atomic E-state index is -0.235. The molecule has 1 N–H and O–H groups in total. The van der Waals surface area contributed by atoms with Gasteiger partial charge in [0.25, 0.3) is 0 Å². The third-order valence-corrected chi connectivity index (χ3v) is 4.03. The molecule has 0 aromatic heterocycles. The lowest BCUT2D eigenvalue weighted by atomic mass is 10.2. The lowest BCUT2D eigenvalue weighted by Crippen LogP contribution is -2.39. The maximum absolute atomic E-state index is 12.2. The number of halogens is 1. The van der Waals surface area contributed by atoms with E-state index in [0.29, 0.717) is 0 Å². The van der Waals surface area contributed by atoms with E-state index in [2.05, 4.69) is 21.2 Å². The molecule has 0 radical (unpaired) electrons. The average molecular weight is 327 g/mol. The summed E-state index contributed by atoms with van der Waals surface area (Å²) in [5.74, 6) is 0.929. The number of nitrogens with zero attached hydrogens (tertiary/aromatic N) is 1. The molecular formula is C14H19BrN2O2. The van der Waals surface area contributed by atoms with E-state index in [1.165, 1.54) is 0 Å². The van der Waals surface area contributed by atoms with Crippen LogP contribution < -0.4 is 10.1 Å². The summed E-state index contributed by atoms with van der Waals surface area (Å²) < 4.78 is 6.12. The number of methoxy groups -OCH3 is 1. The molecule has 5 heteroatoms. The van der Waals surface area contributed by atoms with Gasteiger partial charge < -0.3 is 15.0 Å². The minimum absolute atomic E-state index is 0.159. The molecule has 1 aliphatic rings. The van der Waals surface area contributed by atoms with Gasteiger partial charge in [-0.25, -0.2) is 0 Å². The van der Waals surface area contributed by atoms with Crippen molar-refractivity contribution < 1.29 is 9.53 Å². The van der Waals surface area contributed by atoms with Gasteiger partial charge in [-0.15, -0.1) is 0 Å². The predicted octanol–water partition coefficient (Wildman–Crippen LogP) is 2.88. The number of likely N-dealkylation sites (tertiary alicyclic amines) is 1. The van der Waals surface area contributed by atoms with Crippen LogP contribution in [0.4, 0.5) is 5.69 Å². The van der Waals surface area contributed by atoms with Crippen LogP contribution in [0.2, 0.25) is 0 Å². The second kappa shape index (κ2) is 6.28. The zero-order chi connectivity index (χ0) is 13.8. The normalized spacial score (nSPS) is 16.3. The third-order valence-electron chi connectivity index (χ3n) is 3.33. The van der Waals surface area contributed by atoms with Crippen LogP contribution in [0, 0.1) is 0 Å². The van der Waals surface area contributed by atoms with Crippen LogP contribution in [0.3, 0.4) is 0 Å². The van der Waals surface area contributed by atoms with Crippen molar-refractivity contribution in [2.75, 3.05) is 25.5 Å². The number of benzene rings is 1. The van der Waals surface area contributed by atoms with Gasteiger partial charge in [0.1, 0.15) is 11.8 Å². The number of hydrogen-bond donors (Lipinski definition) is 1. The van der Waals surface area contributed by atoms with Gasteiger partial charge in [-0.3, -0.25) is 4.79 Å². The Labute approximate surface area is 122 Å². The number of carbonyl (C=O) groups is 1. The predicted molar refractivity (Wildman–Crippen MR) is 79.6 cm³/mol. The second-order valence-electron chi connectivity index (χ2n) is 4.74. The van der Waals surface area contributed by atoms with Crippen LogP contribution in [-0.4, -0.2) is 37.0 Å². The topological polar surface area (TPSA) is 41.6 Å². The molecule has 2 rings (SSSR count). The fourth-order valence-corrected chi connectivity index (χ4v) is 2.61. The van der Waals surface area contributed by atoms with Gasteiger partial charge in [-0.05, 0) is 47.8 Å². The fourth-order valence-electron chi connectivity index (χ4n) is 2.25. The minimum Gasteiger partial charge on any atom is -0.497 e. The second-order valence-corrected chi connectivity index (χ2v) is 5.60. The molecule has 19 heavy (non-hydrogen) atoms.